The van der Waals surface area contributed by atoms with Gasteiger partial charge in [0, 0.05) is 17.0 Å². The van der Waals surface area contributed by atoms with Crippen molar-refractivity contribution < 1.29 is 0 Å². The number of nitrogens with one attached hydrogen (secondary N) is 1. The third-order valence-corrected chi connectivity index (χ3v) is 1.96. The van der Waals surface area contributed by atoms with Gasteiger partial charge in [-0.05, 0) is 17.6 Å². The van der Waals surface area contributed by atoms with Gasteiger partial charge in [0.15, 0.2) is 0 Å². The van der Waals surface area contributed by atoms with Crippen molar-refractivity contribution in [3.63, 3.8) is 0 Å². The van der Waals surface area contributed by atoms with Gasteiger partial charge in [0.2, 0.25) is 0 Å². The van der Waals surface area contributed by atoms with Gasteiger partial charge in [-0.25, -0.2) is 5.10 Å². The highest BCUT2D eigenvalue weighted by atomic mass is 32.1. The fraction of sp³-hybridized carbons (Fsp3) is 0. The number of rotatable bonds is 1. The molecule has 0 aliphatic carbocycles. The number of aromatic amines is 1. The van der Waals surface area contributed by atoms with E-state index in [4.69, 9.17) is 0 Å². The van der Waals surface area contributed by atoms with E-state index in [1.165, 1.54) is 17.6 Å². The van der Waals surface area contributed by atoms with Crippen molar-refractivity contribution in [3.05, 3.63) is 34.1 Å². The van der Waals surface area contributed by atoms with Gasteiger partial charge in [0.05, 0.1) is 11.9 Å². The van der Waals surface area contributed by atoms with E-state index in [2.05, 4.69) is 14.6 Å². The highest BCUT2D eigenvalue weighted by Crippen LogP contribution is 2.14. The zero-order chi connectivity index (χ0) is 8.39. The van der Waals surface area contributed by atoms with Crippen LogP contribution in [0.5, 0.6) is 0 Å². The molecule has 5 heteroatoms. The average molecular weight is 179 g/mol. The minimum Gasteiger partial charge on any atom is -0.268 e. The van der Waals surface area contributed by atoms with Crippen molar-refractivity contribution in [3.8, 4) is 11.3 Å². The number of nitrogens with zero attached hydrogens (tertiary/aromatic N) is 2. The van der Waals surface area contributed by atoms with Crippen LogP contribution in [0.3, 0.4) is 0 Å². The zero-order valence-electron chi connectivity index (χ0n) is 6.02. The van der Waals surface area contributed by atoms with Crippen LogP contribution >= 0.6 is 11.5 Å². The Morgan fingerprint density at radius 1 is 1.50 bits per heavy atom. The Balaban J connectivity index is 2.55. The second-order valence-electron chi connectivity index (χ2n) is 2.22. The first-order valence-electron chi connectivity index (χ1n) is 3.32. The lowest BCUT2D eigenvalue weighted by atomic mass is 10.2. The fourth-order valence-corrected chi connectivity index (χ4v) is 1.41. The molecule has 2 heterocycles. The Hall–Kier alpha value is -1.49. The molecular weight excluding hydrogens is 174 g/mol. The van der Waals surface area contributed by atoms with Crippen LogP contribution < -0.4 is 5.56 Å². The quantitative estimate of drug-likeness (QED) is 0.707. The summed E-state index contributed by atoms with van der Waals surface area (Å²) in [6.07, 6.45) is 1.58. The second kappa shape index (κ2) is 2.86. The summed E-state index contributed by atoms with van der Waals surface area (Å²) in [6, 6.07) is 3.32. The predicted molar refractivity (Wildman–Crippen MR) is 46.0 cm³/mol. The molecule has 0 aliphatic rings. The smallest absolute Gasteiger partial charge is 0.264 e. The molecule has 12 heavy (non-hydrogen) atoms. The maximum absolute atomic E-state index is 10.8. The molecular formula is C7H5N3OS. The van der Waals surface area contributed by atoms with E-state index in [1.54, 1.807) is 6.20 Å². The highest BCUT2D eigenvalue weighted by Gasteiger charge is 1.99. The second-order valence-corrected chi connectivity index (χ2v) is 2.88. The molecule has 1 N–H and O–H groups in total. The van der Waals surface area contributed by atoms with Crippen LogP contribution in [-0.4, -0.2) is 14.6 Å². The molecule has 2 aromatic heterocycles. The molecule has 0 unspecified atom stereocenters. The van der Waals surface area contributed by atoms with Gasteiger partial charge < -0.3 is 0 Å². The van der Waals surface area contributed by atoms with Crippen molar-refractivity contribution >= 4 is 11.5 Å². The van der Waals surface area contributed by atoms with E-state index in [-0.39, 0.29) is 5.56 Å². The van der Waals surface area contributed by atoms with Gasteiger partial charge in [-0.15, -0.1) is 0 Å². The molecule has 0 radical (unpaired) electrons. The summed E-state index contributed by atoms with van der Waals surface area (Å²) in [7, 11) is 0. The van der Waals surface area contributed by atoms with Gasteiger partial charge in [-0.1, -0.05) is 0 Å². The molecule has 0 bridgehead atoms. The molecule has 0 aromatic carbocycles. The van der Waals surface area contributed by atoms with E-state index in [0.717, 1.165) is 11.3 Å². The van der Waals surface area contributed by atoms with Crippen molar-refractivity contribution in [2.45, 2.75) is 0 Å². The molecule has 60 valence electrons. The molecule has 0 atom stereocenters. The van der Waals surface area contributed by atoms with Crippen molar-refractivity contribution in [1.82, 2.24) is 14.6 Å². The van der Waals surface area contributed by atoms with Gasteiger partial charge in [-0.2, -0.15) is 9.47 Å². The number of aromatic nitrogens is 3. The summed E-state index contributed by atoms with van der Waals surface area (Å²) >= 11 is 1.35. The fourth-order valence-electron chi connectivity index (χ4n) is 0.878. The first-order chi connectivity index (χ1) is 5.86. The van der Waals surface area contributed by atoms with Crippen LogP contribution in [0.1, 0.15) is 0 Å². The molecule has 0 saturated heterocycles. The van der Waals surface area contributed by atoms with Crippen LogP contribution in [-0.2, 0) is 0 Å². The summed E-state index contributed by atoms with van der Waals surface area (Å²) in [6.45, 7) is 0. The zero-order valence-corrected chi connectivity index (χ0v) is 6.84. The first kappa shape index (κ1) is 7.17. The molecule has 0 aliphatic heterocycles. The van der Waals surface area contributed by atoms with E-state index in [9.17, 15) is 4.79 Å². The Morgan fingerprint density at radius 2 is 2.42 bits per heavy atom. The van der Waals surface area contributed by atoms with Gasteiger partial charge in [-0.3, -0.25) is 4.79 Å². The average Bonchev–Trinajstić information content (AvgIpc) is 2.56. The monoisotopic (exact) mass is 179 g/mol. The van der Waals surface area contributed by atoms with Crippen LogP contribution in [0.15, 0.2) is 28.5 Å². The first-order valence-corrected chi connectivity index (χ1v) is 4.15. The Labute approximate surface area is 72.1 Å². The Bertz CT molecular complexity index is 420. The number of hydrogen-bond donors (Lipinski definition) is 1. The van der Waals surface area contributed by atoms with Gasteiger partial charge in [0.1, 0.15) is 0 Å². The van der Waals surface area contributed by atoms with Gasteiger partial charge in [0.25, 0.3) is 5.56 Å². The molecule has 0 spiro atoms. The van der Waals surface area contributed by atoms with E-state index in [0.29, 0.717) is 0 Å². The minimum atomic E-state index is -0.208. The minimum absolute atomic E-state index is 0.208. The largest absolute Gasteiger partial charge is 0.268 e. The molecule has 0 fully saturated rings. The number of H-pyrrole nitrogens is 1. The topological polar surface area (TPSA) is 58.6 Å². The Kier molecular flexibility index (Phi) is 1.71. The van der Waals surface area contributed by atoms with E-state index in [1.807, 2.05) is 11.4 Å². The summed E-state index contributed by atoms with van der Waals surface area (Å²) in [5.41, 5.74) is 1.33. The molecule has 4 nitrogen and oxygen atoms in total. The van der Waals surface area contributed by atoms with Crippen LogP contribution in [0.4, 0.5) is 0 Å². The number of hydrogen-bond acceptors (Lipinski definition) is 4. The molecule has 0 amide bonds. The summed E-state index contributed by atoms with van der Waals surface area (Å²) in [5.74, 6) is 0. The van der Waals surface area contributed by atoms with Crippen LogP contribution in [0, 0.1) is 0 Å². The predicted octanol–water partition coefficient (Wildman–Crippen LogP) is 0.893. The van der Waals surface area contributed by atoms with Crippen LogP contribution in [0.25, 0.3) is 11.3 Å². The lowest BCUT2D eigenvalue weighted by Gasteiger charge is -1.91. The standard InChI is InChI=1S/C7H5N3OS/c11-7-3-5(4-8-9-7)6-1-2-12-10-6/h1-4H,(H,9,11). The lowest BCUT2D eigenvalue weighted by molar-refractivity contribution is 0.990. The van der Waals surface area contributed by atoms with Crippen molar-refractivity contribution in [2.24, 2.45) is 0 Å². The normalized spacial score (nSPS) is 10.0. The van der Waals surface area contributed by atoms with E-state index >= 15 is 0 Å². The van der Waals surface area contributed by atoms with Crippen molar-refractivity contribution in [2.75, 3.05) is 0 Å². The van der Waals surface area contributed by atoms with Gasteiger partial charge >= 0.3 is 0 Å². The van der Waals surface area contributed by atoms with Crippen molar-refractivity contribution in [1.29, 1.82) is 0 Å². The maximum atomic E-state index is 10.8. The highest BCUT2D eigenvalue weighted by molar-refractivity contribution is 7.03. The van der Waals surface area contributed by atoms with Crippen LogP contribution in [0.2, 0.25) is 0 Å². The lowest BCUT2D eigenvalue weighted by Crippen LogP contribution is -2.05. The maximum Gasteiger partial charge on any atom is 0.264 e. The molecule has 0 saturated carbocycles. The third kappa shape index (κ3) is 1.26. The molecule has 2 rings (SSSR count). The summed E-state index contributed by atoms with van der Waals surface area (Å²) in [4.78, 5) is 10.8. The molecule has 2 aromatic rings. The third-order valence-electron chi connectivity index (χ3n) is 1.40. The Morgan fingerprint density at radius 3 is 3.08 bits per heavy atom. The van der Waals surface area contributed by atoms with E-state index < -0.39 is 0 Å². The summed E-state index contributed by atoms with van der Waals surface area (Å²) < 4.78 is 4.08. The summed E-state index contributed by atoms with van der Waals surface area (Å²) in [5, 5.41) is 7.83. The SMILES string of the molecule is O=c1cc(-c2ccsn2)cn[nH]1.